The Labute approximate surface area is 108 Å². The molecule has 1 heterocycles. The molecule has 2 rings (SSSR count). The summed E-state index contributed by atoms with van der Waals surface area (Å²) in [6, 6.07) is 3.81. The number of pyridine rings is 1. The number of rotatable bonds is 3. The molecule has 0 atom stereocenters. The molecule has 0 unspecified atom stereocenters. The molecule has 1 aromatic rings. The summed E-state index contributed by atoms with van der Waals surface area (Å²) in [6.07, 6.45) is 4.38. The van der Waals surface area contributed by atoms with Crippen molar-refractivity contribution in [2.45, 2.75) is 40.5 Å². The lowest BCUT2D eigenvalue weighted by atomic mass is 10.4. The Hall–Kier alpha value is -0.570. The van der Waals surface area contributed by atoms with Crippen LogP contribution in [-0.4, -0.2) is 11.6 Å². The van der Waals surface area contributed by atoms with Gasteiger partial charge in [0.2, 0.25) is 0 Å². The Morgan fingerprint density at radius 1 is 1.31 bits per heavy atom. The van der Waals surface area contributed by atoms with Crippen LogP contribution >= 0.6 is 15.9 Å². The maximum atomic E-state index is 5.55. The van der Waals surface area contributed by atoms with Gasteiger partial charge in [0.1, 0.15) is 4.60 Å². The van der Waals surface area contributed by atoms with Crippen LogP contribution in [0.15, 0.2) is 22.9 Å². The smallest absolute Gasteiger partial charge is 0.152 e. The van der Waals surface area contributed by atoms with Crippen molar-refractivity contribution in [2.75, 3.05) is 6.61 Å². The van der Waals surface area contributed by atoms with E-state index in [2.05, 4.69) is 20.9 Å². The molecule has 0 spiro atoms. The number of halogens is 1. The van der Waals surface area contributed by atoms with Crippen LogP contribution in [0.5, 0.6) is 5.75 Å². The third-order valence-corrected chi connectivity index (χ3v) is 2.49. The van der Waals surface area contributed by atoms with E-state index < -0.39 is 0 Å². The monoisotopic (exact) mass is 287 g/mol. The average molecular weight is 288 g/mol. The molecule has 0 amide bonds. The van der Waals surface area contributed by atoms with E-state index in [-0.39, 0.29) is 0 Å². The molecule has 0 N–H and O–H groups in total. The van der Waals surface area contributed by atoms with Gasteiger partial charge in [0, 0.05) is 6.20 Å². The Morgan fingerprint density at radius 3 is 2.44 bits per heavy atom. The number of nitrogens with zero attached hydrogens (tertiary/aromatic N) is 1. The quantitative estimate of drug-likeness (QED) is 0.753. The van der Waals surface area contributed by atoms with Gasteiger partial charge in [-0.25, -0.2) is 4.98 Å². The highest BCUT2D eigenvalue weighted by Gasteiger charge is 2.22. The SMILES string of the molecule is Brc1ncccc1OCC1CC1.CC.CC. The van der Waals surface area contributed by atoms with Crippen molar-refractivity contribution in [3.63, 3.8) is 0 Å². The summed E-state index contributed by atoms with van der Waals surface area (Å²) < 4.78 is 6.35. The standard InChI is InChI=1S/C9H10BrNO.2C2H6/c10-9-8(2-1-5-11-9)12-6-7-3-4-7;2*1-2/h1-2,5,7H,3-4,6H2;2*1-2H3. The maximum absolute atomic E-state index is 5.55. The van der Waals surface area contributed by atoms with E-state index in [1.54, 1.807) is 6.20 Å². The largest absolute Gasteiger partial charge is 0.490 e. The van der Waals surface area contributed by atoms with Gasteiger partial charge in [0.25, 0.3) is 0 Å². The van der Waals surface area contributed by atoms with E-state index in [0.29, 0.717) is 0 Å². The van der Waals surface area contributed by atoms with Gasteiger partial charge in [-0.1, -0.05) is 27.7 Å². The summed E-state index contributed by atoms with van der Waals surface area (Å²) in [5.41, 5.74) is 0. The molecule has 3 heteroatoms. The first kappa shape index (κ1) is 15.4. The van der Waals surface area contributed by atoms with Crippen LogP contribution in [0.4, 0.5) is 0 Å². The number of hydrogen-bond donors (Lipinski definition) is 0. The number of hydrogen-bond acceptors (Lipinski definition) is 2. The zero-order valence-electron chi connectivity index (χ0n) is 10.7. The minimum absolute atomic E-state index is 0.789. The van der Waals surface area contributed by atoms with Gasteiger partial charge in [0.15, 0.2) is 5.75 Å². The van der Waals surface area contributed by atoms with Crippen LogP contribution in [0.2, 0.25) is 0 Å². The second-order valence-electron chi connectivity index (χ2n) is 3.05. The normalized spacial score (nSPS) is 12.8. The lowest BCUT2D eigenvalue weighted by Gasteiger charge is -2.05. The topological polar surface area (TPSA) is 22.1 Å². The van der Waals surface area contributed by atoms with Crippen LogP contribution in [0.1, 0.15) is 40.5 Å². The molecule has 0 aromatic carbocycles. The van der Waals surface area contributed by atoms with Gasteiger partial charge in [-0.05, 0) is 46.8 Å². The van der Waals surface area contributed by atoms with E-state index in [0.717, 1.165) is 22.9 Å². The van der Waals surface area contributed by atoms with E-state index >= 15 is 0 Å². The third-order valence-electron chi connectivity index (χ3n) is 1.90. The van der Waals surface area contributed by atoms with Gasteiger partial charge < -0.3 is 4.74 Å². The Bertz CT molecular complexity index is 274. The predicted molar refractivity (Wildman–Crippen MR) is 72.9 cm³/mol. The molecule has 0 bridgehead atoms. The molecule has 1 fully saturated rings. The van der Waals surface area contributed by atoms with Gasteiger partial charge >= 0.3 is 0 Å². The average Bonchev–Trinajstić information content (AvgIpc) is 3.17. The first-order valence-electron chi connectivity index (χ1n) is 6.09. The van der Waals surface area contributed by atoms with Crippen LogP contribution in [0.3, 0.4) is 0 Å². The van der Waals surface area contributed by atoms with Crippen molar-refractivity contribution in [1.82, 2.24) is 4.98 Å². The fourth-order valence-corrected chi connectivity index (χ4v) is 1.34. The Balaban J connectivity index is 0.000000509. The van der Waals surface area contributed by atoms with Crippen LogP contribution in [0.25, 0.3) is 0 Å². The summed E-state index contributed by atoms with van der Waals surface area (Å²) >= 11 is 3.33. The van der Waals surface area contributed by atoms with E-state index in [4.69, 9.17) is 4.74 Å². The zero-order valence-corrected chi connectivity index (χ0v) is 12.3. The second kappa shape index (κ2) is 9.64. The van der Waals surface area contributed by atoms with Crippen molar-refractivity contribution in [3.05, 3.63) is 22.9 Å². The fraction of sp³-hybridized carbons (Fsp3) is 0.615. The van der Waals surface area contributed by atoms with E-state index in [9.17, 15) is 0 Å². The summed E-state index contributed by atoms with van der Waals surface area (Å²) in [5, 5.41) is 0. The molecule has 2 nitrogen and oxygen atoms in total. The van der Waals surface area contributed by atoms with Crippen LogP contribution in [0, 0.1) is 5.92 Å². The predicted octanol–water partition coefficient (Wildman–Crippen LogP) is 4.69. The zero-order chi connectivity index (χ0) is 12.4. The maximum Gasteiger partial charge on any atom is 0.152 e. The molecule has 1 saturated carbocycles. The lowest BCUT2D eigenvalue weighted by molar-refractivity contribution is 0.296. The third kappa shape index (κ3) is 6.11. The minimum atomic E-state index is 0.789. The summed E-state index contributed by atoms with van der Waals surface area (Å²) in [4.78, 5) is 4.07. The Kier molecular flexibility index (Phi) is 9.30. The molecule has 1 aliphatic carbocycles. The highest BCUT2D eigenvalue weighted by Crippen LogP contribution is 2.30. The van der Waals surface area contributed by atoms with Gasteiger partial charge in [0.05, 0.1) is 6.61 Å². The van der Waals surface area contributed by atoms with Crippen molar-refractivity contribution in [3.8, 4) is 5.75 Å². The van der Waals surface area contributed by atoms with Crippen LogP contribution < -0.4 is 4.74 Å². The molecular weight excluding hydrogens is 266 g/mol. The molecule has 0 saturated heterocycles. The molecule has 1 aromatic heterocycles. The van der Waals surface area contributed by atoms with E-state index in [1.165, 1.54) is 12.8 Å². The minimum Gasteiger partial charge on any atom is -0.490 e. The number of aromatic nitrogens is 1. The van der Waals surface area contributed by atoms with Crippen molar-refractivity contribution >= 4 is 15.9 Å². The summed E-state index contributed by atoms with van der Waals surface area (Å²) in [6.45, 7) is 8.84. The van der Waals surface area contributed by atoms with Gasteiger partial charge in [-0.3, -0.25) is 0 Å². The van der Waals surface area contributed by atoms with Gasteiger partial charge in [-0.15, -0.1) is 0 Å². The molecule has 1 aliphatic rings. The van der Waals surface area contributed by atoms with Crippen molar-refractivity contribution in [1.29, 1.82) is 0 Å². The molecular formula is C13H22BrNO. The van der Waals surface area contributed by atoms with Crippen molar-refractivity contribution in [2.24, 2.45) is 5.92 Å². The van der Waals surface area contributed by atoms with E-state index in [1.807, 2.05) is 39.8 Å². The molecule has 0 radical (unpaired) electrons. The molecule has 16 heavy (non-hydrogen) atoms. The molecule has 92 valence electrons. The Morgan fingerprint density at radius 2 is 1.94 bits per heavy atom. The highest BCUT2D eigenvalue weighted by molar-refractivity contribution is 9.10. The molecule has 0 aliphatic heterocycles. The first-order chi connectivity index (χ1) is 7.86. The number of ether oxygens (including phenoxy) is 1. The highest BCUT2D eigenvalue weighted by atomic mass is 79.9. The van der Waals surface area contributed by atoms with Gasteiger partial charge in [-0.2, -0.15) is 0 Å². The van der Waals surface area contributed by atoms with Crippen molar-refractivity contribution < 1.29 is 4.74 Å². The summed E-state index contributed by atoms with van der Waals surface area (Å²) in [7, 11) is 0. The summed E-state index contributed by atoms with van der Waals surface area (Å²) in [5.74, 6) is 1.64. The first-order valence-corrected chi connectivity index (χ1v) is 6.89. The fourth-order valence-electron chi connectivity index (χ4n) is 0.971. The second-order valence-corrected chi connectivity index (χ2v) is 3.80. The van der Waals surface area contributed by atoms with Crippen LogP contribution in [-0.2, 0) is 0 Å². The lowest BCUT2D eigenvalue weighted by Crippen LogP contribution is -1.99.